The highest BCUT2D eigenvalue weighted by Gasteiger charge is 2.22. The minimum absolute atomic E-state index is 0.0526. The molecule has 2 nitrogen and oxygen atoms in total. The number of carbonyl (C=O) groups is 1. The number of aliphatic imine (C=N–C) groups is 1. The molecule has 0 amide bonds. The molecule has 0 N–H and O–H groups in total. The number of hydrogen-bond acceptors (Lipinski definition) is 4. The molecule has 1 aromatic carbocycles. The van der Waals surface area contributed by atoms with Crippen LogP contribution in [0.1, 0.15) is 24.5 Å². The predicted octanol–water partition coefficient (Wildman–Crippen LogP) is 4.11. The van der Waals surface area contributed by atoms with Gasteiger partial charge in [0.15, 0.2) is 0 Å². The monoisotopic (exact) mass is 277 g/mol. The number of thioether (sulfide) groups is 2. The van der Waals surface area contributed by atoms with Gasteiger partial charge in [-0.1, -0.05) is 43.0 Å². The van der Waals surface area contributed by atoms with Crippen LogP contribution in [0, 0.1) is 6.92 Å². The van der Waals surface area contributed by atoms with Crippen molar-refractivity contribution in [3.05, 3.63) is 41.1 Å². The molecule has 0 unspecified atom stereocenters. The Kier molecular flexibility index (Phi) is 4.66. The quantitative estimate of drug-likeness (QED) is 0.779. The van der Waals surface area contributed by atoms with E-state index in [0.29, 0.717) is 5.70 Å². The summed E-state index contributed by atoms with van der Waals surface area (Å²) >= 11 is 2.90. The fourth-order valence-electron chi connectivity index (χ4n) is 1.54. The Labute approximate surface area is 116 Å². The molecule has 0 aromatic heterocycles. The number of aryl methyl sites for hydroxylation is 1. The van der Waals surface area contributed by atoms with Crippen LogP contribution in [-0.2, 0) is 4.79 Å². The fourth-order valence-corrected chi connectivity index (χ4v) is 3.30. The standard InChI is InChI=1S/C14H15NOS2/c1-3-8-17-14-15-12(13(16)18-14)9-11-7-5-4-6-10(11)2/h4-7,9H,3,8H2,1-2H3/b12-9-. The molecule has 0 bridgehead atoms. The second kappa shape index (κ2) is 6.25. The van der Waals surface area contributed by atoms with E-state index in [1.165, 1.54) is 11.8 Å². The summed E-state index contributed by atoms with van der Waals surface area (Å²) in [7, 11) is 0. The summed E-state index contributed by atoms with van der Waals surface area (Å²) in [4.78, 5) is 16.2. The second-order valence-electron chi connectivity index (χ2n) is 4.00. The van der Waals surface area contributed by atoms with E-state index < -0.39 is 0 Å². The maximum Gasteiger partial charge on any atom is 0.244 e. The van der Waals surface area contributed by atoms with Gasteiger partial charge in [-0.05, 0) is 48.1 Å². The molecule has 0 spiro atoms. The summed E-state index contributed by atoms with van der Waals surface area (Å²) in [5.41, 5.74) is 2.78. The Morgan fingerprint density at radius 3 is 2.89 bits per heavy atom. The molecule has 0 fully saturated rings. The van der Waals surface area contributed by atoms with Gasteiger partial charge in [0, 0.05) is 0 Å². The zero-order valence-electron chi connectivity index (χ0n) is 10.5. The van der Waals surface area contributed by atoms with Crippen molar-refractivity contribution in [2.24, 2.45) is 4.99 Å². The lowest BCUT2D eigenvalue weighted by Crippen LogP contribution is -1.89. The average Bonchev–Trinajstić information content (AvgIpc) is 2.70. The Morgan fingerprint density at radius 1 is 1.39 bits per heavy atom. The van der Waals surface area contributed by atoms with Crippen LogP contribution in [0.5, 0.6) is 0 Å². The Balaban J connectivity index is 2.20. The highest BCUT2D eigenvalue weighted by molar-refractivity contribution is 8.45. The van der Waals surface area contributed by atoms with Crippen molar-refractivity contribution in [3.63, 3.8) is 0 Å². The van der Waals surface area contributed by atoms with Crippen LogP contribution in [0.2, 0.25) is 0 Å². The van der Waals surface area contributed by atoms with Gasteiger partial charge in [0.2, 0.25) is 5.12 Å². The van der Waals surface area contributed by atoms with Crippen molar-refractivity contribution in [1.82, 2.24) is 0 Å². The van der Waals surface area contributed by atoms with Gasteiger partial charge in [-0.3, -0.25) is 4.79 Å². The van der Waals surface area contributed by atoms with E-state index in [-0.39, 0.29) is 5.12 Å². The van der Waals surface area contributed by atoms with E-state index in [2.05, 4.69) is 11.9 Å². The molecule has 2 rings (SSSR count). The molecule has 0 atom stereocenters. The van der Waals surface area contributed by atoms with E-state index in [9.17, 15) is 4.79 Å². The highest BCUT2D eigenvalue weighted by atomic mass is 32.2. The van der Waals surface area contributed by atoms with Crippen LogP contribution in [0.3, 0.4) is 0 Å². The number of carbonyl (C=O) groups excluding carboxylic acids is 1. The molecule has 4 heteroatoms. The summed E-state index contributed by atoms with van der Waals surface area (Å²) in [5, 5.41) is 0.0526. The van der Waals surface area contributed by atoms with Crippen LogP contribution in [0.4, 0.5) is 0 Å². The van der Waals surface area contributed by atoms with Gasteiger partial charge in [-0.25, -0.2) is 4.99 Å². The molecule has 0 radical (unpaired) electrons. The van der Waals surface area contributed by atoms with E-state index in [1.807, 2.05) is 37.3 Å². The lowest BCUT2D eigenvalue weighted by Gasteiger charge is -1.98. The van der Waals surface area contributed by atoms with Gasteiger partial charge < -0.3 is 0 Å². The van der Waals surface area contributed by atoms with Gasteiger partial charge in [0.25, 0.3) is 0 Å². The topological polar surface area (TPSA) is 29.4 Å². The molecule has 0 saturated carbocycles. The molecule has 1 aliphatic rings. The van der Waals surface area contributed by atoms with Gasteiger partial charge in [0.05, 0.1) is 0 Å². The van der Waals surface area contributed by atoms with Gasteiger partial charge >= 0.3 is 0 Å². The van der Waals surface area contributed by atoms with Crippen molar-refractivity contribution >= 4 is 39.1 Å². The normalized spacial score (nSPS) is 17.3. The third-order valence-corrected chi connectivity index (χ3v) is 4.73. The molecule has 1 aromatic rings. The molecular formula is C14H15NOS2. The first-order valence-electron chi connectivity index (χ1n) is 5.91. The Morgan fingerprint density at radius 2 is 2.17 bits per heavy atom. The Bertz CT molecular complexity index is 520. The van der Waals surface area contributed by atoms with E-state index in [0.717, 1.165) is 27.7 Å². The molecule has 18 heavy (non-hydrogen) atoms. The maximum atomic E-state index is 11.8. The summed E-state index contributed by atoms with van der Waals surface area (Å²) in [6.45, 7) is 4.16. The van der Waals surface area contributed by atoms with E-state index >= 15 is 0 Å². The van der Waals surface area contributed by atoms with Crippen LogP contribution in [0.15, 0.2) is 35.0 Å². The van der Waals surface area contributed by atoms with Gasteiger partial charge in [-0.15, -0.1) is 0 Å². The molecule has 94 valence electrons. The van der Waals surface area contributed by atoms with E-state index in [4.69, 9.17) is 0 Å². The average molecular weight is 277 g/mol. The molecule has 0 aliphatic carbocycles. The molecule has 1 aliphatic heterocycles. The molecular weight excluding hydrogens is 262 g/mol. The maximum absolute atomic E-state index is 11.8. The van der Waals surface area contributed by atoms with Crippen LogP contribution in [-0.4, -0.2) is 15.2 Å². The summed E-state index contributed by atoms with van der Waals surface area (Å²) in [6, 6.07) is 8.01. The SMILES string of the molecule is CCCSC1=N/C(=C\c2ccccc2C)C(=O)S1. The van der Waals surface area contributed by atoms with Crippen molar-refractivity contribution in [3.8, 4) is 0 Å². The molecule has 1 heterocycles. The molecule has 0 saturated heterocycles. The largest absolute Gasteiger partial charge is 0.279 e. The predicted molar refractivity (Wildman–Crippen MR) is 81.9 cm³/mol. The summed E-state index contributed by atoms with van der Waals surface area (Å²) < 4.78 is 0.877. The number of benzene rings is 1. The third kappa shape index (κ3) is 3.27. The Hall–Kier alpha value is -1.000. The zero-order valence-corrected chi connectivity index (χ0v) is 12.1. The van der Waals surface area contributed by atoms with Crippen molar-refractivity contribution < 1.29 is 4.79 Å². The lowest BCUT2D eigenvalue weighted by molar-refractivity contribution is -0.107. The first-order chi connectivity index (χ1) is 8.70. The van der Waals surface area contributed by atoms with Crippen molar-refractivity contribution in [2.45, 2.75) is 20.3 Å². The highest BCUT2D eigenvalue weighted by Crippen LogP contribution is 2.31. The van der Waals surface area contributed by atoms with Crippen molar-refractivity contribution in [2.75, 3.05) is 5.75 Å². The van der Waals surface area contributed by atoms with Crippen molar-refractivity contribution in [1.29, 1.82) is 0 Å². The number of hydrogen-bond donors (Lipinski definition) is 0. The number of nitrogens with zero attached hydrogens (tertiary/aromatic N) is 1. The van der Waals surface area contributed by atoms with Gasteiger partial charge in [-0.2, -0.15) is 0 Å². The first kappa shape index (κ1) is 13.4. The summed E-state index contributed by atoms with van der Waals surface area (Å²) in [5.74, 6) is 1.01. The smallest absolute Gasteiger partial charge is 0.244 e. The van der Waals surface area contributed by atoms with Crippen LogP contribution >= 0.6 is 23.5 Å². The summed E-state index contributed by atoms with van der Waals surface area (Å²) in [6.07, 6.45) is 2.97. The number of rotatable bonds is 3. The zero-order chi connectivity index (χ0) is 13.0. The third-order valence-electron chi connectivity index (χ3n) is 2.51. The van der Waals surface area contributed by atoms with Gasteiger partial charge in [0.1, 0.15) is 10.1 Å². The van der Waals surface area contributed by atoms with E-state index in [1.54, 1.807) is 11.8 Å². The second-order valence-corrected chi connectivity index (χ2v) is 6.31. The minimum atomic E-state index is 0.0526. The first-order valence-corrected chi connectivity index (χ1v) is 7.72. The fraction of sp³-hybridized carbons (Fsp3) is 0.286. The minimum Gasteiger partial charge on any atom is -0.279 e. The lowest BCUT2D eigenvalue weighted by atomic mass is 10.1. The van der Waals surface area contributed by atoms with Crippen LogP contribution in [0.25, 0.3) is 6.08 Å². The van der Waals surface area contributed by atoms with Crippen LogP contribution < -0.4 is 0 Å².